The van der Waals surface area contributed by atoms with Gasteiger partial charge in [-0.3, -0.25) is 0 Å². The van der Waals surface area contributed by atoms with Crippen LogP contribution in [0.1, 0.15) is 0 Å². The zero-order valence-electron chi connectivity index (χ0n) is 13.0. The summed E-state index contributed by atoms with van der Waals surface area (Å²) >= 11 is 0. The van der Waals surface area contributed by atoms with Gasteiger partial charge in [0.15, 0.2) is 0 Å². The van der Waals surface area contributed by atoms with E-state index in [9.17, 15) is 93.3 Å². The van der Waals surface area contributed by atoms with Gasteiger partial charge in [-0.1, -0.05) is 0 Å². The van der Waals surface area contributed by atoms with Gasteiger partial charge in [0.05, 0.1) is 0 Å². The number of carbonyl (C=O) groups excluding carboxylic acids is 1. The second kappa shape index (κ2) is 6.82. The van der Waals surface area contributed by atoms with Gasteiger partial charge >= 0.3 is 53.6 Å². The number of carboxylic acid groups (broad SMARTS) is 1. The Labute approximate surface area is 154 Å². The molecule has 0 atom stereocenters. The number of aliphatic carboxylic acids is 1. The number of hydrogen-bond donors (Lipinski definition) is 0. The van der Waals surface area contributed by atoms with Crippen LogP contribution in [0.5, 0.6) is 0 Å². The molecule has 186 valence electrons. The molecule has 0 aliphatic rings. The zero-order valence-corrected chi connectivity index (χ0v) is 13.0. The summed E-state index contributed by atoms with van der Waals surface area (Å²) in [5.74, 6) is -73.8. The van der Waals surface area contributed by atoms with Gasteiger partial charge in [0.2, 0.25) is 0 Å². The maximum Gasteiger partial charge on any atom is 0.460 e. The molecule has 0 spiro atoms. The molecule has 0 aliphatic heterocycles. The molecule has 0 amide bonds. The predicted molar refractivity (Wildman–Crippen MR) is 50.6 cm³/mol. The first-order valence-corrected chi connectivity index (χ1v) is 6.25. The maximum atomic E-state index is 13.1. The minimum Gasteiger partial charge on any atom is -0.544 e. The lowest BCUT2D eigenvalue weighted by molar-refractivity contribution is -0.469. The van der Waals surface area contributed by atoms with Crippen molar-refractivity contribution in [1.29, 1.82) is 0 Å². The molecule has 31 heavy (non-hydrogen) atoms. The van der Waals surface area contributed by atoms with Crippen LogP contribution in [0, 0.1) is 0 Å². The van der Waals surface area contributed by atoms with Gasteiger partial charge in [0.1, 0.15) is 5.97 Å². The van der Waals surface area contributed by atoms with E-state index in [0.717, 1.165) is 0 Å². The Balaban J connectivity index is 6.95. The summed E-state index contributed by atoms with van der Waals surface area (Å²) in [7, 11) is 0. The molecule has 0 aromatic rings. The molecule has 0 aromatic carbocycles. The van der Waals surface area contributed by atoms with Gasteiger partial charge in [0, 0.05) is 0 Å². The van der Waals surface area contributed by atoms with Crippen LogP contribution in [0.4, 0.5) is 83.4 Å². The molecule has 0 aliphatic carbocycles. The molecule has 0 saturated carbocycles. The Kier molecular flexibility index (Phi) is 6.41. The Morgan fingerprint density at radius 2 is 0.581 bits per heavy atom. The number of halogens is 19. The van der Waals surface area contributed by atoms with Crippen molar-refractivity contribution in [1.82, 2.24) is 0 Å². The molecule has 2 nitrogen and oxygen atoms in total. The second-order valence-corrected chi connectivity index (χ2v) is 5.38. The van der Waals surface area contributed by atoms with Gasteiger partial charge < -0.3 is 9.90 Å². The van der Waals surface area contributed by atoms with E-state index in [1.54, 1.807) is 0 Å². The predicted octanol–water partition coefficient (Wildman–Crippen LogP) is 4.38. The molecule has 0 rings (SSSR count). The Morgan fingerprint density at radius 3 is 0.774 bits per heavy atom. The van der Waals surface area contributed by atoms with E-state index in [1.165, 1.54) is 0 Å². The first-order valence-electron chi connectivity index (χ1n) is 6.25. The average molecular weight is 513 g/mol. The monoisotopic (exact) mass is 513 g/mol. The SMILES string of the molecule is O=C([O-])C(F)(F)C(F)(F)C(F)(F)C(F)(F)C(F)(F)C(F)(F)C(F)(F)C(F)(F)C(F)(F)F. The van der Waals surface area contributed by atoms with Crippen LogP contribution < -0.4 is 5.11 Å². The van der Waals surface area contributed by atoms with Gasteiger partial charge in [-0.05, 0) is 0 Å². The average Bonchev–Trinajstić information content (AvgIpc) is 2.52. The van der Waals surface area contributed by atoms with E-state index in [0.29, 0.717) is 0 Å². The molecule has 0 radical (unpaired) electrons. The van der Waals surface area contributed by atoms with Crippen LogP contribution in [0.25, 0.3) is 0 Å². The highest BCUT2D eigenvalue weighted by atomic mass is 19.4. The minimum absolute atomic E-state index is 4.73. The Bertz CT molecular complexity index is 701. The van der Waals surface area contributed by atoms with Crippen LogP contribution in [0.2, 0.25) is 0 Å². The van der Waals surface area contributed by atoms with Crippen molar-refractivity contribution in [2.45, 2.75) is 53.6 Å². The van der Waals surface area contributed by atoms with Crippen molar-refractivity contribution in [2.24, 2.45) is 0 Å². The van der Waals surface area contributed by atoms with Gasteiger partial charge in [-0.2, -0.15) is 83.4 Å². The van der Waals surface area contributed by atoms with E-state index < -0.39 is 59.5 Å². The van der Waals surface area contributed by atoms with Crippen LogP contribution in [-0.2, 0) is 4.79 Å². The lowest BCUT2D eigenvalue weighted by Gasteiger charge is -2.43. The number of alkyl halides is 19. The van der Waals surface area contributed by atoms with Crippen molar-refractivity contribution in [3.8, 4) is 0 Å². The van der Waals surface area contributed by atoms with Gasteiger partial charge in [-0.15, -0.1) is 0 Å². The highest BCUT2D eigenvalue weighted by Gasteiger charge is 2.96. The topological polar surface area (TPSA) is 40.1 Å². The molecule has 0 heterocycles. The number of carboxylic acids is 1. The van der Waals surface area contributed by atoms with E-state index in [2.05, 4.69) is 0 Å². The third kappa shape index (κ3) is 3.32. The molecule has 0 unspecified atom stereocenters. The highest BCUT2D eigenvalue weighted by Crippen LogP contribution is 2.65. The summed E-state index contributed by atoms with van der Waals surface area (Å²) < 4.78 is 241. The third-order valence-electron chi connectivity index (χ3n) is 3.37. The first kappa shape index (κ1) is 29.1. The maximum absolute atomic E-state index is 13.1. The molecule has 0 N–H and O–H groups in total. The number of hydrogen-bond acceptors (Lipinski definition) is 2. The zero-order chi connectivity index (χ0) is 26.1. The summed E-state index contributed by atoms with van der Waals surface area (Å²) in [5, 5.41) is 9.69. The Morgan fingerprint density at radius 1 is 0.387 bits per heavy atom. The normalized spacial score (nSPS) is 16.5. The summed E-state index contributed by atoms with van der Waals surface area (Å²) in [5.41, 5.74) is 0. The van der Waals surface area contributed by atoms with Gasteiger partial charge in [0.25, 0.3) is 0 Å². The molecule has 0 bridgehead atoms. The molecular formula is C10F19O2-. The summed E-state index contributed by atoms with van der Waals surface area (Å²) in [6, 6.07) is 0. The van der Waals surface area contributed by atoms with Crippen molar-refractivity contribution >= 4 is 5.97 Å². The van der Waals surface area contributed by atoms with E-state index in [1.807, 2.05) is 0 Å². The van der Waals surface area contributed by atoms with Crippen LogP contribution >= 0.6 is 0 Å². The van der Waals surface area contributed by atoms with Crippen LogP contribution in [0.15, 0.2) is 0 Å². The summed E-state index contributed by atoms with van der Waals surface area (Å²) in [4.78, 5) is 9.69. The molecule has 21 heteroatoms. The minimum atomic E-state index is -9.08. The Hall–Kier alpha value is -1.86. The van der Waals surface area contributed by atoms with Crippen LogP contribution in [-0.4, -0.2) is 59.5 Å². The van der Waals surface area contributed by atoms with Crippen LogP contribution in [0.3, 0.4) is 0 Å². The molecule has 0 fully saturated rings. The van der Waals surface area contributed by atoms with Gasteiger partial charge in [-0.25, -0.2) is 0 Å². The largest absolute Gasteiger partial charge is 0.544 e. The third-order valence-corrected chi connectivity index (χ3v) is 3.37. The quantitative estimate of drug-likeness (QED) is 0.453. The number of carbonyl (C=O) groups is 1. The fourth-order valence-corrected chi connectivity index (χ4v) is 1.49. The smallest absolute Gasteiger partial charge is 0.460 e. The second-order valence-electron chi connectivity index (χ2n) is 5.38. The fourth-order valence-electron chi connectivity index (χ4n) is 1.49. The van der Waals surface area contributed by atoms with E-state index >= 15 is 0 Å². The van der Waals surface area contributed by atoms with Crippen molar-refractivity contribution in [2.75, 3.05) is 0 Å². The van der Waals surface area contributed by atoms with Crippen molar-refractivity contribution in [3.05, 3.63) is 0 Å². The highest BCUT2D eigenvalue weighted by molar-refractivity contribution is 5.75. The van der Waals surface area contributed by atoms with E-state index in [-0.39, 0.29) is 0 Å². The fraction of sp³-hybridized carbons (Fsp3) is 0.900. The summed E-state index contributed by atoms with van der Waals surface area (Å²) in [6.45, 7) is 0. The standard InChI is InChI=1S/C10HF19O2/c11-2(12,1(30)31)3(13,14)4(15,16)5(17,18)6(19,20)7(21,22)8(23,24)9(25,26)10(27,28)29/h(H,30,31)/p-1. The number of rotatable bonds is 8. The molecule has 0 aromatic heterocycles. The lowest BCUT2D eigenvalue weighted by Crippen LogP contribution is -2.76. The van der Waals surface area contributed by atoms with Crippen molar-refractivity contribution < 1.29 is 93.3 Å². The summed E-state index contributed by atoms with van der Waals surface area (Å²) in [6.07, 6.45) is -7.96. The van der Waals surface area contributed by atoms with Crippen molar-refractivity contribution in [3.63, 3.8) is 0 Å². The first-order chi connectivity index (χ1) is 12.9. The molecule has 0 saturated heterocycles. The lowest BCUT2D eigenvalue weighted by atomic mass is 9.87. The molecular weight excluding hydrogens is 513 g/mol. The van der Waals surface area contributed by atoms with E-state index in [4.69, 9.17) is 0 Å².